The van der Waals surface area contributed by atoms with Crippen LogP contribution in [-0.4, -0.2) is 25.3 Å². The Morgan fingerprint density at radius 1 is 1.21 bits per heavy atom. The van der Waals surface area contributed by atoms with Gasteiger partial charge in [0.1, 0.15) is 6.16 Å². The predicted octanol–water partition coefficient (Wildman–Crippen LogP) is 2.79. The van der Waals surface area contributed by atoms with E-state index in [1.807, 2.05) is 30.3 Å². The molecule has 1 aromatic rings. The summed E-state index contributed by atoms with van der Waals surface area (Å²) in [5, 5.41) is 0. The topological polar surface area (TPSA) is 17.1 Å². The molecule has 1 nitrogen and oxygen atoms in total. The Balaban J connectivity index is 0. The molecule has 0 spiro atoms. The van der Waals surface area contributed by atoms with Crippen molar-refractivity contribution in [2.45, 2.75) is 0 Å². The van der Waals surface area contributed by atoms with Crippen LogP contribution in [0.15, 0.2) is 30.3 Å². The smallest absolute Gasteiger partial charge is 0.199 e. The van der Waals surface area contributed by atoms with Crippen LogP contribution in [0.1, 0.15) is 10.4 Å². The number of benzene rings is 1. The van der Waals surface area contributed by atoms with E-state index in [1.54, 1.807) is 0 Å². The van der Waals surface area contributed by atoms with E-state index in [0.29, 0.717) is 0 Å². The number of Topliss-reactive ketones (excluding diaryl/α,β-unsaturated/α-hetero) is 1. The van der Waals surface area contributed by atoms with E-state index in [9.17, 15) is 4.79 Å². The molecule has 0 N–H and O–H groups in total. The van der Waals surface area contributed by atoms with Crippen molar-refractivity contribution in [3.63, 3.8) is 0 Å². The quantitative estimate of drug-likeness (QED) is 0.351. The van der Waals surface area contributed by atoms with Gasteiger partial charge >= 0.3 is 0 Å². The van der Waals surface area contributed by atoms with Crippen molar-refractivity contribution in [3.05, 3.63) is 43.3 Å². The first-order chi connectivity index (χ1) is 5.70. The normalized spacial score (nSPS) is 8.79. The summed E-state index contributed by atoms with van der Waals surface area (Å²) in [7, 11) is -0.430. The van der Waals surface area contributed by atoms with Crippen LogP contribution in [0.2, 0.25) is 0 Å². The van der Waals surface area contributed by atoms with Crippen molar-refractivity contribution >= 4 is 13.7 Å². The molecule has 0 fully saturated rings. The molecule has 0 heterocycles. The third-order valence-corrected chi connectivity index (χ3v) is 2.64. The van der Waals surface area contributed by atoms with Crippen molar-refractivity contribution in [1.82, 2.24) is 0 Å². The molecule has 14 heavy (non-hydrogen) atoms. The molecule has 0 bridgehead atoms. The molecule has 1 rings (SSSR count). The second kappa shape index (κ2) is 8.15. The molecule has 82 valence electrons. The molecule has 0 aromatic heterocycles. The van der Waals surface area contributed by atoms with E-state index in [2.05, 4.69) is 13.3 Å². The van der Waals surface area contributed by atoms with Crippen LogP contribution in [0.25, 0.3) is 0 Å². The summed E-state index contributed by atoms with van der Waals surface area (Å²) < 4.78 is 0. The van der Waals surface area contributed by atoms with Gasteiger partial charge in [0.2, 0.25) is 0 Å². The largest absolute Gasteiger partial charge is 0.358 e. The van der Waals surface area contributed by atoms with Crippen molar-refractivity contribution < 1.29 is 21.3 Å². The van der Waals surface area contributed by atoms with Gasteiger partial charge in [-0.3, -0.25) is 4.79 Å². The number of ketones is 1. The number of carbonyl (C=O) groups is 1. The summed E-state index contributed by atoms with van der Waals surface area (Å²) in [6, 6.07) is 9.51. The molecule has 0 saturated heterocycles. The Bertz CT molecular complexity index is 259. The molecule has 0 aliphatic heterocycles. The maximum atomic E-state index is 11.5. The molecule has 0 radical (unpaired) electrons. The van der Waals surface area contributed by atoms with Gasteiger partial charge in [-0.05, 0) is 0 Å². The Morgan fingerprint density at radius 3 is 2.14 bits per heavy atom. The van der Waals surface area contributed by atoms with Gasteiger partial charge < -0.3 is 7.43 Å². The van der Waals surface area contributed by atoms with Crippen LogP contribution in [0, 0.1) is 7.43 Å². The Labute approximate surface area is 98.0 Å². The molecule has 1 aromatic carbocycles. The molecule has 0 amide bonds. The zero-order chi connectivity index (χ0) is 8.97. The SMILES string of the molecule is C[PH+](C)CC(=O)c1ccccc1.[CH3-].[Ni]. The summed E-state index contributed by atoms with van der Waals surface area (Å²) >= 11 is 0. The van der Waals surface area contributed by atoms with Gasteiger partial charge in [-0.2, -0.15) is 0 Å². The first kappa shape index (κ1) is 16.3. The van der Waals surface area contributed by atoms with Gasteiger partial charge in [-0.1, -0.05) is 30.3 Å². The zero-order valence-electron chi connectivity index (χ0n) is 8.82. The van der Waals surface area contributed by atoms with E-state index in [0.717, 1.165) is 11.7 Å². The minimum atomic E-state index is -0.430. The Morgan fingerprint density at radius 2 is 1.71 bits per heavy atom. The van der Waals surface area contributed by atoms with Crippen LogP contribution >= 0.6 is 7.92 Å². The van der Waals surface area contributed by atoms with Crippen molar-refractivity contribution in [3.8, 4) is 0 Å². The average Bonchev–Trinajstić information content (AvgIpc) is 2.05. The summed E-state index contributed by atoms with van der Waals surface area (Å²) in [6.07, 6.45) is 0.745. The van der Waals surface area contributed by atoms with Gasteiger partial charge in [0, 0.05) is 43.3 Å². The summed E-state index contributed by atoms with van der Waals surface area (Å²) in [5.41, 5.74) is 0.851. The number of carbonyl (C=O) groups excluding carboxylic acids is 1. The van der Waals surface area contributed by atoms with Gasteiger partial charge in [0.15, 0.2) is 5.78 Å². The van der Waals surface area contributed by atoms with E-state index in [1.165, 1.54) is 0 Å². The van der Waals surface area contributed by atoms with Crippen LogP contribution in [0.5, 0.6) is 0 Å². The van der Waals surface area contributed by atoms with E-state index in [4.69, 9.17) is 0 Å². The van der Waals surface area contributed by atoms with E-state index >= 15 is 0 Å². The van der Waals surface area contributed by atoms with Gasteiger partial charge in [0.25, 0.3) is 0 Å². The molecular weight excluding hydrogens is 238 g/mol. The third-order valence-electron chi connectivity index (χ3n) is 1.61. The van der Waals surface area contributed by atoms with Crippen molar-refractivity contribution in [2.75, 3.05) is 19.5 Å². The summed E-state index contributed by atoms with van der Waals surface area (Å²) in [5.74, 6) is 0.287. The van der Waals surface area contributed by atoms with E-state index in [-0.39, 0.29) is 29.7 Å². The predicted molar refractivity (Wildman–Crippen MR) is 62.2 cm³/mol. The molecule has 0 aliphatic carbocycles. The van der Waals surface area contributed by atoms with Crippen molar-refractivity contribution in [2.24, 2.45) is 0 Å². The van der Waals surface area contributed by atoms with Gasteiger partial charge in [-0.15, -0.1) is 0 Å². The fourth-order valence-corrected chi connectivity index (χ4v) is 1.89. The molecule has 0 aliphatic rings. The minimum absolute atomic E-state index is 0. The zero-order valence-corrected chi connectivity index (χ0v) is 10.8. The molecule has 0 unspecified atom stereocenters. The maximum absolute atomic E-state index is 11.5. The first-order valence-electron chi connectivity index (χ1n) is 4.07. The van der Waals surface area contributed by atoms with Crippen LogP contribution in [0.4, 0.5) is 0 Å². The fourth-order valence-electron chi connectivity index (χ4n) is 1.05. The van der Waals surface area contributed by atoms with Gasteiger partial charge in [0.05, 0.1) is 0 Å². The van der Waals surface area contributed by atoms with Gasteiger partial charge in [-0.25, -0.2) is 0 Å². The van der Waals surface area contributed by atoms with Crippen LogP contribution < -0.4 is 0 Å². The Kier molecular flexibility index (Phi) is 9.46. The van der Waals surface area contributed by atoms with Crippen molar-refractivity contribution in [1.29, 1.82) is 0 Å². The standard InChI is InChI=1S/C10H13OP.CH3.Ni/c1-12(2)8-10(11)9-6-4-3-5-7-9;;/h3-7H,8H2,1-2H3;1H3;/q;-1;/p+1. The monoisotopic (exact) mass is 254 g/mol. The van der Waals surface area contributed by atoms with Crippen LogP contribution in [-0.2, 0) is 16.5 Å². The molecule has 3 heteroatoms. The first-order valence-corrected chi connectivity index (χ1v) is 6.78. The second-order valence-electron chi connectivity index (χ2n) is 3.17. The fraction of sp³-hybridized carbons (Fsp3) is 0.273. The molecular formula is C11H17NiOP. The summed E-state index contributed by atoms with van der Waals surface area (Å²) in [6.45, 7) is 4.32. The molecule has 0 atom stereocenters. The Hall–Kier alpha value is -0.186. The minimum Gasteiger partial charge on any atom is -0.358 e. The second-order valence-corrected chi connectivity index (χ2v) is 5.94. The van der Waals surface area contributed by atoms with Crippen LogP contribution in [0.3, 0.4) is 0 Å². The number of hydrogen-bond donors (Lipinski definition) is 0. The average molecular weight is 255 g/mol. The number of rotatable bonds is 3. The maximum Gasteiger partial charge on any atom is 0.199 e. The summed E-state index contributed by atoms with van der Waals surface area (Å²) in [4.78, 5) is 11.5. The number of hydrogen-bond acceptors (Lipinski definition) is 1. The van der Waals surface area contributed by atoms with E-state index < -0.39 is 7.92 Å². The molecule has 0 saturated carbocycles. The third kappa shape index (κ3) is 5.52.